The van der Waals surface area contributed by atoms with E-state index < -0.39 is 0 Å². The standard InChI is InChI=1S/C16H26N4/c1-9(2)16-18-14(8-17)19-20(16)15-12-4-10-3-11(6-12)7-13(15)5-10/h9-13,15H,3-8,17H2,1-2H3. The van der Waals surface area contributed by atoms with E-state index in [9.17, 15) is 0 Å². The number of nitrogens with two attached hydrogens (primary N) is 1. The second kappa shape index (κ2) is 4.55. The first kappa shape index (κ1) is 12.8. The van der Waals surface area contributed by atoms with Crippen LogP contribution in [0.25, 0.3) is 0 Å². The Morgan fingerprint density at radius 1 is 1.10 bits per heavy atom. The van der Waals surface area contributed by atoms with Crippen LogP contribution in [-0.4, -0.2) is 14.8 Å². The molecule has 4 nitrogen and oxygen atoms in total. The zero-order valence-electron chi connectivity index (χ0n) is 12.6. The number of hydrogen-bond acceptors (Lipinski definition) is 3. The fourth-order valence-electron chi connectivity index (χ4n) is 5.38. The molecule has 0 unspecified atom stereocenters. The topological polar surface area (TPSA) is 56.7 Å². The van der Waals surface area contributed by atoms with Gasteiger partial charge in [0.15, 0.2) is 5.82 Å². The lowest BCUT2D eigenvalue weighted by Gasteiger charge is -2.54. The summed E-state index contributed by atoms with van der Waals surface area (Å²) in [6.07, 6.45) is 7.20. The normalized spacial score (nSPS) is 38.9. The van der Waals surface area contributed by atoms with Crippen molar-refractivity contribution in [1.82, 2.24) is 14.8 Å². The Labute approximate surface area is 121 Å². The fourth-order valence-corrected chi connectivity index (χ4v) is 5.38. The maximum Gasteiger partial charge on any atom is 0.164 e. The van der Waals surface area contributed by atoms with Crippen LogP contribution in [0.4, 0.5) is 0 Å². The van der Waals surface area contributed by atoms with Gasteiger partial charge in [0.1, 0.15) is 5.82 Å². The summed E-state index contributed by atoms with van der Waals surface area (Å²) in [5, 5.41) is 4.78. The molecule has 4 aliphatic carbocycles. The van der Waals surface area contributed by atoms with Crippen molar-refractivity contribution in [2.24, 2.45) is 29.4 Å². The molecule has 4 heteroatoms. The highest BCUT2D eigenvalue weighted by atomic mass is 15.4. The summed E-state index contributed by atoms with van der Waals surface area (Å²) in [6, 6.07) is 0.605. The molecule has 0 amide bonds. The van der Waals surface area contributed by atoms with Crippen LogP contribution in [0, 0.1) is 23.7 Å². The lowest BCUT2D eigenvalue weighted by atomic mass is 9.54. The van der Waals surface area contributed by atoms with E-state index in [1.807, 2.05) is 0 Å². The third kappa shape index (κ3) is 1.84. The smallest absolute Gasteiger partial charge is 0.164 e. The Bertz CT molecular complexity index is 477. The summed E-state index contributed by atoms with van der Waals surface area (Å²) in [6.45, 7) is 4.90. The Hall–Kier alpha value is -0.900. The first-order valence-electron chi connectivity index (χ1n) is 8.31. The molecule has 4 aliphatic rings. The summed E-state index contributed by atoms with van der Waals surface area (Å²) in [5.74, 6) is 6.11. The van der Waals surface area contributed by atoms with Gasteiger partial charge in [-0.3, -0.25) is 0 Å². The van der Waals surface area contributed by atoms with Crippen molar-refractivity contribution in [2.45, 2.75) is 64.5 Å². The van der Waals surface area contributed by atoms with Gasteiger partial charge in [-0.1, -0.05) is 13.8 Å². The van der Waals surface area contributed by atoms with Crippen molar-refractivity contribution in [3.05, 3.63) is 11.6 Å². The summed E-state index contributed by atoms with van der Waals surface area (Å²) in [4.78, 5) is 4.69. The van der Waals surface area contributed by atoms with Gasteiger partial charge in [0.25, 0.3) is 0 Å². The van der Waals surface area contributed by atoms with Gasteiger partial charge in [-0.25, -0.2) is 9.67 Å². The largest absolute Gasteiger partial charge is 0.324 e. The molecule has 0 saturated heterocycles. The van der Waals surface area contributed by atoms with Crippen molar-refractivity contribution in [2.75, 3.05) is 0 Å². The molecule has 5 rings (SSSR count). The average Bonchev–Trinajstić information content (AvgIpc) is 2.81. The van der Waals surface area contributed by atoms with Crippen LogP contribution in [-0.2, 0) is 6.54 Å². The lowest BCUT2D eigenvalue weighted by Crippen LogP contribution is -2.46. The van der Waals surface area contributed by atoms with E-state index in [1.54, 1.807) is 0 Å². The van der Waals surface area contributed by atoms with Gasteiger partial charge >= 0.3 is 0 Å². The molecule has 20 heavy (non-hydrogen) atoms. The molecule has 4 fully saturated rings. The van der Waals surface area contributed by atoms with Crippen LogP contribution >= 0.6 is 0 Å². The Morgan fingerprint density at radius 2 is 1.70 bits per heavy atom. The molecule has 110 valence electrons. The zero-order chi connectivity index (χ0) is 13.9. The van der Waals surface area contributed by atoms with E-state index in [1.165, 1.54) is 32.1 Å². The van der Waals surface area contributed by atoms with Crippen LogP contribution in [0.2, 0.25) is 0 Å². The van der Waals surface area contributed by atoms with Crippen LogP contribution in [0.3, 0.4) is 0 Å². The molecule has 0 atom stereocenters. The number of aromatic nitrogens is 3. The molecule has 2 N–H and O–H groups in total. The average molecular weight is 274 g/mol. The predicted molar refractivity (Wildman–Crippen MR) is 78.1 cm³/mol. The molecule has 4 saturated carbocycles. The fraction of sp³-hybridized carbons (Fsp3) is 0.875. The van der Waals surface area contributed by atoms with Gasteiger partial charge in [-0.05, 0) is 55.8 Å². The first-order valence-corrected chi connectivity index (χ1v) is 8.31. The molecule has 1 aromatic rings. The van der Waals surface area contributed by atoms with E-state index in [0.717, 1.165) is 35.3 Å². The summed E-state index contributed by atoms with van der Waals surface area (Å²) in [5.41, 5.74) is 5.77. The van der Waals surface area contributed by atoms with Crippen molar-refractivity contribution in [1.29, 1.82) is 0 Å². The Kier molecular flexibility index (Phi) is 2.92. The third-order valence-electron chi connectivity index (χ3n) is 5.86. The maximum atomic E-state index is 5.77. The SMILES string of the molecule is CC(C)c1nc(CN)nn1C1C2CC3CC(C2)CC1C3. The molecular formula is C16H26N4. The summed E-state index contributed by atoms with van der Waals surface area (Å²) in [7, 11) is 0. The molecule has 0 radical (unpaired) electrons. The van der Waals surface area contributed by atoms with Crippen molar-refractivity contribution < 1.29 is 0 Å². The molecule has 0 aromatic carbocycles. The van der Waals surface area contributed by atoms with Gasteiger partial charge in [-0.2, -0.15) is 5.10 Å². The van der Waals surface area contributed by atoms with E-state index in [2.05, 4.69) is 23.5 Å². The molecule has 4 bridgehead atoms. The quantitative estimate of drug-likeness (QED) is 0.922. The Balaban J connectivity index is 1.72. The highest BCUT2D eigenvalue weighted by molar-refractivity contribution is 5.06. The van der Waals surface area contributed by atoms with E-state index in [0.29, 0.717) is 18.5 Å². The van der Waals surface area contributed by atoms with E-state index in [4.69, 9.17) is 10.8 Å². The van der Waals surface area contributed by atoms with Crippen LogP contribution in [0.5, 0.6) is 0 Å². The highest BCUT2D eigenvalue weighted by Crippen LogP contribution is 2.58. The monoisotopic (exact) mass is 274 g/mol. The van der Waals surface area contributed by atoms with Gasteiger partial charge in [-0.15, -0.1) is 0 Å². The van der Waals surface area contributed by atoms with Crippen molar-refractivity contribution in [3.8, 4) is 0 Å². The third-order valence-corrected chi connectivity index (χ3v) is 5.86. The minimum Gasteiger partial charge on any atom is -0.324 e. The van der Waals surface area contributed by atoms with E-state index in [-0.39, 0.29) is 0 Å². The van der Waals surface area contributed by atoms with Crippen LogP contribution in [0.1, 0.15) is 69.6 Å². The van der Waals surface area contributed by atoms with Gasteiger partial charge < -0.3 is 5.73 Å². The molecule has 0 aliphatic heterocycles. The van der Waals surface area contributed by atoms with Crippen LogP contribution in [0.15, 0.2) is 0 Å². The summed E-state index contributed by atoms with van der Waals surface area (Å²) >= 11 is 0. The highest BCUT2D eigenvalue weighted by Gasteiger charge is 2.49. The second-order valence-electron chi connectivity index (χ2n) is 7.61. The van der Waals surface area contributed by atoms with Gasteiger partial charge in [0, 0.05) is 5.92 Å². The molecule has 1 heterocycles. The molecular weight excluding hydrogens is 248 g/mol. The lowest BCUT2D eigenvalue weighted by molar-refractivity contribution is -0.0351. The zero-order valence-corrected chi connectivity index (χ0v) is 12.6. The molecule has 1 aromatic heterocycles. The Morgan fingerprint density at radius 3 is 2.20 bits per heavy atom. The summed E-state index contributed by atoms with van der Waals surface area (Å²) < 4.78 is 2.29. The second-order valence-corrected chi connectivity index (χ2v) is 7.61. The minimum atomic E-state index is 0.431. The van der Waals surface area contributed by atoms with Crippen molar-refractivity contribution >= 4 is 0 Å². The number of rotatable bonds is 3. The number of nitrogens with zero attached hydrogens (tertiary/aromatic N) is 3. The predicted octanol–water partition coefficient (Wildman–Crippen LogP) is 2.86. The minimum absolute atomic E-state index is 0.431. The maximum absolute atomic E-state index is 5.77. The van der Waals surface area contributed by atoms with Gasteiger partial charge in [0.05, 0.1) is 12.6 Å². The van der Waals surface area contributed by atoms with E-state index >= 15 is 0 Å². The number of hydrogen-bond donors (Lipinski definition) is 1. The van der Waals surface area contributed by atoms with Crippen molar-refractivity contribution in [3.63, 3.8) is 0 Å². The van der Waals surface area contributed by atoms with Gasteiger partial charge in [0.2, 0.25) is 0 Å². The first-order chi connectivity index (χ1) is 9.65. The van der Waals surface area contributed by atoms with Crippen LogP contribution < -0.4 is 5.73 Å². The molecule has 0 spiro atoms.